The average Bonchev–Trinajstić information content (AvgIpc) is 3.55. The van der Waals surface area contributed by atoms with Gasteiger partial charge in [-0.15, -0.1) is 16.1 Å². The van der Waals surface area contributed by atoms with Gasteiger partial charge in [-0.3, -0.25) is 4.79 Å². The van der Waals surface area contributed by atoms with E-state index in [2.05, 4.69) is 25.6 Å². The molecule has 0 saturated carbocycles. The zero-order chi connectivity index (χ0) is 21.4. The Kier molecular flexibility index (Phi) is 4.75. The van der Waals surface area contributed by atoms with Crippen LogP contribution in [-0.2, 0) is 0 Å². The van der Waals surface area contributed by atoms with Crippen LogP contribution < -0.4 is 5.32 Å². The number of nitrogens with one attached hydrogen (secondary N) is 1. The number of pyridine rings is 2. The highest BCUT2D eigenvalue weighted by Gasteiger charge is 2.19. The van der Waals surface area contributed by atoms with Gasteiger partial charge in [0.15, 0.2) is 11.5 Å². The van der Waals surface area contributed by atoms with Crippen LogP contribution >= 0.6 is 11.3 Å². The van der Waals surface area contributed by atoms with Gasteiger partial charge in [-0.1, -0.05) is 6.07 Å². The zero-order valence-corrected chi connectivity index (χ0v) is 17.6. The van der Waals surface area contributed by atoms with Crippen molar-refractivity contribution in [1.82, 2.24) is 34.7 Å². The lowest BCUT2D eigenvalue weighted by Crippen LogP contribution is -2.14. The molecule has 0 spiro atoms. The molecule has 0 bridgehead atoms. The Hall–Kier alpha value is -3.92. The SMILES string of the molecule is CC(C)n1ncc2c(C(=O)Nc3ccc(-n4nccn4)nc3)cc(-c3cccs3)nc21. The van der Waals surface area contributed by atoms with E-state index < -0.39 is 0 Å². The molecule has 5 aromatic heterocycles. The highest BCUT2D eigenvalue weighted by atomic mass is 32.1. The second kappa shape index (κ2) is 7.73. The van der Waals surface area contributed by atoms with Crippen LogP contribution in [0.5, 0.6) is 0 Å². The summed E-state index contributed by atoms with van der Waals surface area (Å²) in [5.41, 5.74) is 2.51. The minimum Gasteiger partial charge on any atom is -0.321 e. The first-order valence-electron chi connectivity index (χ1n) is 9.66. The van der Waals surface area contributed by atoms with Gasteiger partial charge in [-0.25, -0.2) is 14.6 Å². The molecule has 5 aromatic rings. The lowest BCUT2D eigenvalue weighted by atomic mass is 10.1. The van der Waals surface area contributed by atoms with Crippen LogP contribution in [0.2, 0.25) is 0 Å². The van der Waals surface area contributed by atoms with E-state index in [0.717, 1.165) is 10.6 Å². The van der Waals surface area contributed by atoms with Crippen molar-refractivity contribution < 1.29 is 4.79 Å². The van der Waals surface area contributed by atoms with Crippen LogP contribution in [-0.4, -0.2) is 40.6 Å². The summed E-state index contributed by atoms with van der Waals surface area (Å²) in [5.74, 6) is 0.313. The molecule has 10 heteroatoms. The van der Waals surface area contributed by atoms with Crippen LogP contribution in [0.3, 0.4) is 0 Å². The summed E-state index contributed by atoms with van der Waals surface area (Å²) >= 11 is 1.58. The third-order valence-electron chi connectivity index (χ3n) is 4.70. The lowest BCUT2D eigenvalue weighted by Gasteiger charge is -2.10. The van der Waals surface area contributed by atoms with Crippen molar-refractivity contribution in [3.63, 3.8) is 0 Å². The Balaban J connectivity index is 1.52. The average molecular weight is 430 g/mol. The van der Waals surface area contributed by atoms with Gasteiger partial charge in [-0.2, -0.15) is 15.3 Å². The quantitative estimate of drug-likeness (QED) is 0.453. The first-order chi connectivity index (χ1) is 15.1. The number of amides is 1. The lowest BCUT2D eigenvalue weighted by molar-refractivity contribution is 0.102. The number of hydrogen-bond donors (Lipinski definition) is 1. The molecule has 1 amide bonds. The summed E-state index contributed by atoms with van der Waals surface area (Å²) in [6, 6.07) is 9.39. The maximum atomic E-state index is 13.2. The predicted molar refractivity (Wildman–Crippen MR) is 118 cm³/mol. The van der Waals surface area contributed by atoms with Crippen LogP contribution in [0.4, 0.5) is 5.69 Å². The van der Waals surface area contributed by atoms with Gasteiger partial charge in [-0.05, 0) is 43.5 Å². The number of carbonyl (C=O) groups is 1. The second-order valence-electron chi connectivity index (χ2n) is 7.13. The first-order valence-corrected chi connectivity index (χ1v) is 10.5. The molecular formula is C21H18N8OS. The zero-order valence-electron chi connectivity index (χ0n) is 16.8. The summed E-state index contributed by atoms with van der Waals surface area (Å²) in [6.07, 6.45) is 6.43. The third kappa shape index (κ3) is 3.57. The number of fused-ring (bicyclic) bond motifs is 1. The molecule has 9 nitrogen and oxygen atoms in total. The van der Waals surface area contributed by atoms with E-state index in [1.165, 1.54) is 4.80 Å². The summed E-state index contributed by atoms with van der Waals surface area (Å²) in [6.45, 7) is 4.07. The molecule has 0 unspecified atom stereocenters. The Morgan fingerprint density at radius 2 is 1.94 bits per heavy atom. The molecule has 0 aliphatic rings. The second-order valence-corrected chi connectivity index (χ2v) is 8.08. The van der Waals surface area contributed by atoms with Crippen LogP contribution in [0.25, 0.3) is 27.4 Å². The number of hydrogen-bond acceptors (Lipinski definition) is 7. The fourth-order valence-corrected chi connectivity index (χ4v) is 3.93. The van der Waals surface area contributed by atoms with Gasteiger partial charge in [0.1, 0.15) is 0 Å². The molecule has 154 valence electrons. The predicted octanol–water partition coefficient (Wildman–Crippen LogP) is 3.97. The van der Waals surface area contributed by atoms with Crippen molar-refractivity contribution in [3.05, 3.63) is 66.1 Å². The van der Waals surface area contributed by atoms with Crippen molar-refractivity contribution in [2.24, 2.45) is 0 Å². The molecule has 31 heavy (non-hydrogen) atoms. The van der Waals surface area contributed by atoms with Gasteiger partial charge >= 0.3 is 0 Å². The van der Waals surface area contributed by atoms with Crippen LogP contribution in [0.1, 0.15) is 30.2 Å². The van der Waals surface area contributed by atoms with Crippen LogP contribution in [0, 0.1) is 0 Å². The fraction of sp³-hybridized carbons (Fsp3) is 0.143. The molecule has 0 aliphatic heterocycles. The summed E-state index contributed by atoms with van der Waals surface area (Å²) < 4.78 is 1.83. The molecule has 0 radical (unpaired) electrons. The van der Waals surface area contributed by atoms with E-state index in [1.54, 1.807) is 48.3 Å². The number of nitrogens with zero attached hydrogens (tertiary/aromatic N) is 7. The fourth-order valence-electron chi connectivity index (χ4n) is 3.25. The van der Waals surface area contributed by atoms with Gasteiger partial charge in [0.2, 0.25) is 0 Å². The number of carbonyl (C=O) groups excluding carboxylic acids is 1. The van der Waals surface area contributed by atoms with E-state index in [0.29, 0.717) is 28.1 Å². The first kappa shape index (κ1) is 19.1. The maximum absolute atomic E-state index is 13.2. The molecule has 1 N–H and O–H groups in total. The smallest absolute Gasteiger partial charge is 0.256 e. The maximum Gasteiger partial charge on any atom is 0.256 e. The molecule has 5 heterocycles. The van der Waals surface area contributed by atoms with E-state index in [1.807, 2.05) is 42.1 Å². The molecule has 5 rings (SSSR count). The highest BCUT2D eigenvalue weighted by Crippen LogP contribution is 2.29. The van der Waals surface area contributed by atoms with Crippen molar-refractivity contribution in [2.75, 3.05) is 5.32 Å². The monoisotopic (exact) mass is 430 g/mol. The summed E-state index contributed by atoms with van der Waals surface area (Å²) in [7, 11) is 0. The molecule has 0 saturated heterocycles. The molecule has 0 aliphatic carbocycles. The van der Waals surface area contributed by atoms with Crippen molar-refractivity contribution in [3.8, 4) is 16.4 Å². The van der Waals surface area contributed by atoms with E-state index >= 15 is 0 Å². The van der Waals surface area contributed by atoms with E-state index in [4.69, 9.17) is 4.98 Å². The number of thiophene rings is 1. The highest BCUT2D eigenvalue weighted by molar-refractivity contribution is 7.13. The number of rotatable bonds is 5. The molecule has 0 fully saturated rings. The number of aromatic nitrogens is 7. The van der Waals surface area contributed by atoms with Gasteiger partial charge < -0.3 is 5.32 Å². The van der Waals surface area contributed by atoms with Crippen LogP contribution in [0.15, 0.2) is 60.5 Å². The molecule has 0 aromatic carbocycles. The summed E-state index contributed by atoms with van der Waals surface area (Å²) in [4.78, 5) is 24.7. The van der Waals surface area contributed by atoms with Crippen molar-refractivity contribution in [2.45, 2.75) is 19.9 Å². The molecular weight excluding hydrogens is 412 g/mol. The van der Waals surface area contributed by atoms with E-state index in [9.17, 15) is 4.79 Å². The largest absolute Gasteiger partial charge is 0.321 e. The van der Waals surface area contributed by atoms with Gasteiger partial charge in [0.05, 0.1) is 52.0 Å². The third-order valence-corrected chi connectivity index (χ3v) is 5.60. The Morgan fingerprint density at radius 3 is 2.61 bits per heavy atom. The summed E-state index contributed by atoms with van der Waals surface area (Å²) in [5, 5.41) is 18.2. The minimum atomic E-state index is -0.250. The Bertz CT molecular complexity index is 1340. The topological polar surface area (TPSA) is 103 Å². The minimum absolute atomic E-state index is 0.118. The van der Waals surface area contributed by atoms with Crippen molar-refractivity contribution in [1.29, 1.82) is 0 Å². The standard InChI is InChI=1S/C21H18N8OS/c1-13(2)28-20-16(12-25-28)15(10-17(27-20)18-4-3-9-31-18)21(30)26-14-5-6-19(22-11-14)29-23-7-8-24-29/h3-13H,1-2H3,(H,26,30). The molecule has 0 atom stereocenters. The normalized spacial score (nSPS) is 11.3. The van der Waals surface area contributed by atoms with Gasteiger partial charge in [0.25, 0.3) is 5.91 Å². The van der Waals surface area contributed by atoms with Gasteiger partial charge in [0, 0.05) is 6.04 Å². The van der Waals surface area contributed by atoms with E-state index in [-0.39, 0.29) is 11.9 Å². The Morgan fingerprint density at radius 1 is 1.10 bits per heavy atom. The van der Waals surface area contributed by atoms with Crippen molar-refractivity contribution >= 4 is 34.0 Å². The Labute approximate surface area is 181 Å². The number of anilines is 1.